The van der Waals surface area contributed by atoms with E-state index in [1.165, 1.54) is 61.4 Å². The van der Waals surface area contributed by atoms with E-state index in [0.717, 1.165) is 12.1 Å². The van der Waals surface area contributed by atoms with Crippen molar-refractivity contribution in [3.8, 4) is 0 Å². The first-order valence-corrected chi connectivity index (χ1v) is 10.8. The average Bonchev–Trinajstić information content (AvgIpc) is 3.49. The van der Waals surface area contributed by atoms with Gasteiger partial charge in [0.2, 0.25) is 0 Å². The maximum atomic E-state index is 5.10. The summed E-state index contributed by atoms with van der Waals surface area (Å²) in [5, 5.41) is 0. The molecule has 31 heavy (non-hydrogen) atoms. The molecule has 0 spiro atoms. The second-order valence-electron chi connectivity index (χ2n) is 8.32. The number of nitrogens with zero attached hydrogens (tertiary/aromatic N) is 1. The van der Waals surface area contributed by atoms with E-state index in [-0.39, 0.29) is 0 Å². The number of hydrogen-bond acceptors (Lipinski definition) is 1. The van der Waals surface area contributed by atoms with Gasteiger partial charge in [-0.05, 0) is 50.6 Å². The van der Waals surface area contributed by atoms with Gasteiger partial charge in [0.05, 0.1) is 11.4 Å². The zero-order chi connectivity index (χ0) is 20.4. The molecule has 0 saturated heterocycles. The molecule has 4 aromatic carbocycles. The van der Waals surface area contributed by atoms with Crippen LogP contribution in [-0.2, 0) is 6.42 Å². The molecule has 144 valence electrons. The van der Waals surface area contributed by atoms with Gasteiger partial charge in [-0.15, -0.1) is 0 Å². The van der Waals surface area contributed by atoms with Gasteiger partial charge in [0.1, 0.15) is 0 Å². The lowest BCUT2D eigenvalue weighted by Gasteiger charge is -2.11. The molecular formula is C30H19N. The highest BCUT2D eigenvalue weighted by Gasteiger charge is 2.38. The molecule has 0 atom stereocenters. The van der Waals surface area contributed by atoms with E-state index >= 15 is 0 Å². The van der Waals surface area contributed by atoms with Gasteiger partial charge < -0.3 is 0 Å². The topological polar surface area (TPSA) is 12.4 Å². The second-order valence-corrected chi connectivity index (χ2v) is 8.32. The van der Waals surface area contributed by atoms with Gasteiger partial charge in [-0.25, -0.2) is 0 Å². The summed E-state index contributed by atoms with van der Waals surface area (Å²) >= 11 is 0. The summed E-state index contributed by atoms with van der Waals surface area (Å²) < 4.78 is 0. The first kappa shape index (κ1) is 16.8. The van der Waals surface area contributed by atoms with Crippen LogP contribution in [0, 0.1) is 0 Å². The summed E-state index contributed by atoms with van der Waals surface area (Å²) in [4.78, 5) is 5.10. The highest BCUT2D eigenvalue weighted by molar-refractivity contribution is 6.46. The highest BCUT2D eigenvalue weighted by Crippen LogP contribution is 2.57. The molecule has 0 aromatic heterocycles. The van der Waals surface area contributed by atoms with E-state index < -0.39 is 0 Å². The van der Waals surface area contributed by atoms with Crippen LogP contribution >= 0.6 is 0 Å². The maximum absolute atomic E-state index is 5.10. The smallest absolute Gasteiger partial charge is 0.0669 e. The van der Waals surface area contributed by atoms with Gasteiger partial charge in [-0.1, -0.05) is 97.1 Å². The lowest BCUT2D eigenvalue weighted by molar-refractivity contribution is 1.40. The minimum atomic E-state index is 0.888. The molecule has 0 radical (unpaired) electrons. The van der Waals surface area contributed by atoms with Gasteiger partial charge in [-0.2, -0.15) is 0 Å². The minimum absolute atomic E-state index is 0.888. The van der Waals surface area contributed by atoms with Crippen LogP contribution < -0.4 is 0 Å². The zero-order valence-corrected chi connectivity index (χ0v) is 17.0. The summed E-state index contributed by atoms with van der Waals surface area (Å²) in [7, 11) is 0. The Balaban J connectivity index is 1.58. The van der Waals surface area contributed by atoms with Crippen LogP contribution in [0.3, 0.4) is 0 Å². The molecule has 7 rings (SSSR count). The van der Waals surface area contributed by atoms with Gasteiger partial charge in [0.25, 0.3) is 0 Å². The lowest BCUT2D eigenvalue weighted by atomic mass is 9.92. The Bertz CT molecular complexity index is 1480. The predicted octanol–water partition coefficient (Wildman–Crippen LogP) is 7.21. The van der Waals surface area contributed by atoms with E-state index in [0.29, 0.717) is 0 Å². The normalized spacial score (nSPS) is 15.5. The fourth-order valence-electron chi connectivity index (χ4n) is 5.38. The van der Waals surface area contributed by atoms with Gasteiger partial charge >= 0.3 is 0 Å². The zero-order valence-electron chi connectivity index (χ0n) is 17.0. The molecule has 1 heteroatoms. The number of aliphatic imine (C=N–C) groups is 1. The van der Waals surface area contributed by atoms with E-state index in [9.17, 15) is 0 Å². The molecule has 0 bridgehead atoms. The second kappa shape index (κ2) is 6.26. The molecule has 3 aliphatic rings. The fourth-order valence-corrected chi connectivity index (χ4v) is 5.38. The van der Waals surface area contributed by atoms with Crippen molar-refractivity contribution in [2.24, 2.45) is 4.99 Å². The summed E-state index contributed by atoms with van der Waals surface area (Å²) in [6.45, 7) is 0. The summed E-state index contributed by atoms with van der Waals surface area (Å²) in [5.41, 5.74) is 15.5. The molecule has 1 heterocycles. The molecule has 0 fully saturated rings. The van der Waals surface area contributed by atoms with Crippen molar-refractivity contribution in [2.45, 2.75) is 6.42 Å². The van der Waals surface area contributed by atoms with Crippen LogP contribution in [0.1, 0.15) is 33.4 Å². The molecule has 0 saturated carbocycles. The van der Waals surface area contributed by atoms with Crippen LogP contribution in [0.4, 0.5) is 5.69 Å². The number of benzene rings is 4. The van der Waals surface area contributed by atoms with Crippen LogP contribution in [0.15, 0.2) is 108 Å². The average molecular weight is 393 g/mol. The van der Waals surface area contributed by atoms with Crippen LogP contribution in [-0.4, -0.2) is 5.71 Å². The molecule has 1 aliphatic heterocycles. The van der Waals surface area contributed by atoms with Crippen LogP contribution in [0.2, 0.25) is 0 Å². The Labute approximate surface area is 181 Å². The summed E-state index contributed by atoms with van der Waals surface area (Å²) in [5.74, 6) is 0. The van der Waals surface area contributed by atoms with Crippen molar-refractivity contribution in [2.75, 3.05) is 0 Å². The van der Waals surface area contributed by atoms with Crippen molar-refractivity contribution in [3.63, 3.8) is 0 Å². The van der Waals surface area contributed by atoms with Gasteiger partial charge in [0.15, 0.2) is 0 Å². The first-order valence-electron chi connectivity index (χ1n) is 10.8. The molecular weight excluding hydrogens is 374 g/mol. The monoisotopic (exact) mass is 393 g/mol. The van der Waals surface area contributed by atoms with E-state index in [2.05, 4.69) is 103 Å². The third kappa shape index (κ3) is 2.29. The highest BCUT2D eigenvalue weighted by atomic mass is 14.8. The van der Waals surface area contributed by atoms with Crippen LogP contribution in [0.5, 0.6) is 0 Å². The SMILES string of the molecule is c1ccc(C2=C3C(=C(C4=Nc5ccccc5C4)c4ccccc43)c3ccccc32)cc1. The number of rotatable bonds is 2. The molecule has 1 nitrogen and oxygen atoms in total. The molecule has 2 aliphatic carbocycles. The minimum Gasteiger partial charge on any atom is -0.252 e. The van der Waals surface area contributed by atoms with Crippen molar-refractivity contribution < 1.29 is 0 Å². The Hall–Kier alpha value is -3.97. The fraction of sp³-hybridized carbons (Fsp3) is 0.0333. The van der Waals surface area contributed by atoms with Crippen molar-refractivity contribution >= 4 is 33.7 Å². The summed E-state index contributed by atoms with van der Waals surface area (Å²) in [6, 6.07) is 37.0. The third-order valence-electron chi connectivity index (χ3n) is 6.64. The van der Waals surface area contributed by atoms with Crippen molar-refractivity contribution in [1.82, 2.24) is 0 Å². The molecule has 0 N–H and O–H groups in total. The number of allylic oxidation sites excluding steroid dienone is 3. The van der Waals surface area contributed by atoms with Gasteiger partial charge in [0, 0.05) is 17.6 Å². The van der Waals surface area contributed by atoms with Crippen LogP contribution in [0.25, 0.3) is 22.3 Å². The Morgan fingerprint density at radius 2 is 0.968 bits per heavy atom. The Morgan fingerprint density at radius 3 is 1.65 bits per heavy atom. The molecule has 0 unspecified atom stereocenters. The molecule has 0 amide bonds. The van der Waals surface area contributed by atoms with Crippen molar-refractivity contribution in [3.05, 3.63) is 137 Å². The summed E-state index contributed by atoms with van der Waals surface area (Å²) in [6.07, 6.45) is 0.888. The quantitative estimate of drug-likeness (QED) is 0.341. The first-order chi connectivity index (χ1) is 15.4. The van der Waals surface area contributed by atoms with Gasteiger partial charge in [-0.3, -0.25) is 4.99 Å². The Kier molecular flexibility index (Phi) is 3.39. The number of para-hydroxylation sites is 1. The standard InChI is InChI=1S/C30H19N/c1-2-10-19(11-3-1)27-21-13-5-7-15-23(21)30-28(22-14-6-8-16-24(22)29(27)30)26-18-20-12-4-9-17-25(20)31-26/h1-17H,18H2. The van der Waals surface area contributed by atoms with Crippen molar-refractivity contribution in [1.29, 1.82) is 0 Å². The van der Waals surface area contributed by atoms with E-state index in [1.54, 1.807) is 0 Å². The predicted molar refractivity (Wildman–Crippen MR) is 129 cm³/mol. The Morgan fingerprint density at radius 1 is 0.452 bits per heavy atom. The maximum Gasteiger partial charge on any atom is 0.0669 e. The number of hydrogen-bond donors (Lipinski definition) is 0. The lowest BCUT2D eigenvalue weighted by Crippen LogP contribution is -2.02. The largest absolute Gasteiger partial charge is 0.252 e. The van der Waals surface area contributed by atoms with E-state index in [1.807, 2.05) is 0 Å². The number of fused-ring (bicyclic) bond motifs is 6. The third-order valence-corrected chi connectivity index (χ3v) is 6.64. The molecule has 4 aromatic rings. The van der Waals surface area contributed by atoms with E-state index in [4.69, 9.17) is 4.99 Å².